The molecule has 4 nitrogen and oxygen atoms in total. The molecule has 0 saturated heterocycles. The van der Waals surface area contributed by atoms with Crippen molar-refractivity contribution in [3.8, 4) is 5.88 Å². The molecule has 11 heteroatoms. The number of aromatic nitrogens is 1. The summed E-state index contributed by atoms with van der Waals surface area (Å²) < 4.78 is 56.3. The van der Waals surface area contributed by atoms with Crippen LogP contribution in [0, 0.1) is 5.95 Å². The predicted octanol–water partition coefficient (Wildman–Crippen LogP) is 4.97. The second-order valence-electron chi connectivity index (χ2n) is 4.90. The van der Waals surface area contributed by atoms with Crippen LogP contribution in [0.3, 0.4) is 0 Å². The number of halogens is 6. The molecule has 1 aromatic carbocycles. The zero-order valence-electron chi connectivity index (χ0n) is 12.7. The van der Waals surface area contributed by atoms with E-state index in [-0.39, 0.29) is 16.5 Å². The summed E-state index contributed by atoms with van der Waals surface area (Å²) in [5.41, 5.74) is 4.70. The second-order valence-corrected chi connectivity index (χ2v) is 6.69. The molecule has 2 aromatic rings. The summed E-state index contributed by atoms with van der Waals surface area (Å²) in [5.74, 6) is -1.50. The first-order chi connectivity index (χ1) is 12.1. The van der Waals surface area contributed by atoms with Crippen LogP contribution in [0.2, 0.25) is 10.0 Å². The lowest BCUT2D eigenvalue weighted by Crippen LogP contribution is -2.10. The average Bonchev–Trinajstić information content (AvgIpc) is 2.59. The van der Waals surface area contributed by atoms with Gasteiger partial charge < -0.3 is 10.5 Å². The predicted molar refractivity (Wildman–Crippen MR) is 91.9 cm³/mol. The first kappa shape index (κ1) is 20.6. The maximum absolute atomic E-state index is 13.4. The number of rotatable bonds is 5. The van der Waals surface area contributed by atoms with Crippen LogP contribution >= 0.6 is 35.0 Å². The number of benzene rings is 1. The van der Waals surface area contributed by atoms with Gasteiger partial charge in [-0.2, -0.15) is 22.5 Å². The molecule has 0 bridgehead atoms. The van der Waals surface area contributed by atoms with Gasteiger partial charge in [0.15, 0.2) is 6.61 Å². The number of thioether (sulfide) groups is 1. The number of hydrogen-bond donors (Lipinski definition) is 1. The van der Waals surface area contributed by atoms with Gasteiger partial charge in [-0.25, -0.2) is 0 Å². The molecule has 0 amide bonds. The number of alkyl halides is 3. The van der Waals surface area contributed by atoms with E-state index in [1.807, 2.05) is 0 Å². The molecule has 0 aliphatic carbocycles. The number of carbonyl (C=O) groups is 1. The van der Waals surface area contributed by atoms with Crippen LogP contribution in [0.4, 0.5) is 23.2 Å². The summed E-state index contributed by atoms with van der Waals surface area (Å²) in [6.07, 6.45) is -4.46. The van der Waals surface area contributed by atoms with Crippen LogP contribution in [0.5, 0.6) is 5.88 Å². The quantitative estimate of drug-likeness (QED) is 0.537. The average molecular weight is 429 g/mol. The minimum absolute atomic E-state index is 0.00436. The molecule has 0 atom stereocenters. The Balaban J connectivity index is 1.95. The van der Waals surface area contributed by atoms with Gasteiger partial charge in [0.25, 0.3) is 0 Å². The number of ether oxygens (including phenoxy) is 1. The number of carbonyl (C=O) groups excluding carboxylic acids is 1. The van der Waals surface area contributed by atoms with Crippen LogP contribution in [-0.4, -0.2) is 16.7 Å². The van der Waals surface area contributed by atoms with E-state index in [4.69, 9.17) is 33.7 Å². The lowest BCUT2D eigenvalue weighted by Gasteiger charge is -2.10. The van der Waals surface area contributed by atoms with Crippen molar-refractivity contribution in [1.29, 1.82) is 0 Å². The standard InChI is InChI=1S/C15H10Cl2F4N2O2S/c16-10-12(22)11(17)14(23-13(10)18)25-5-9(24)26-6-7-2-1-3-8(4-7)15(19,20)21/h1-4H,5-6H2,(H2,22,23). The van der Waals surface area contributed by atoms with Crippen LogP contribution in [0.1, 0.15) is 11.1 Å². The number of nitrogens with two attached hydrogens (primary N) is 1. The first-order valence-corrected chi connectivity index (χ1v) is 8.58. The third-order valence-corrected chi connectivity index (χ3v) is 4.66. The number of nitrogens with zero attached hydrogens (tertiary/aromatic N) is 1. The Morgan fingerprint density at radius 1 is 1.27 bits per heavy atom. The maximum atomic E-state index is 13.4. The normalized spacial score (nSPS) is 11.5. The molecule has 0 unspecified atom stereocenters. The highest BCUT2D eigenvalue weighted by Crippen LogP contribution is 2.35. The van der Waals surface area contributed by atoms with E-state index < -0.39 is 40.3 Å². The molecule has 0 fully saturated rings. The van der Waals surface area contributed by atoms with Crippen molar-refractivity contribution in [3.05, 3.63) is 51.4 Å². The van der Waals surface area contributed by atoms with Gasteiger partial charge in [0, 0.05) is 5.75 Å². The fourth-order valence-electron chi connectivity index (χ4n) is 1.78. The summed E-state index contributed by atoms with van der Waals surface area (Å²) >= 11 is 12.1. The summed E-state index contributed by atoms with van der Waals surface area (Å²) in [5, 5.41) is -1.23. The van der Waals surface area contributed by atoms with E-state index in [0.717, 1.165) is 23.9 Å². The molecular weight excluding hydrogens is 419 g/mol. The van der Waals surface area contributed by atoms with E-state index in [0.29, 0.717) is 5.56 Å². The van der Waals surface area contributed by atoms with Gasteiger partial charge in [-0.3, -0.25) is 4.79 Å². The molecule has 2 rings (SSSR count). The molecule has 0 aliphatic heterocycles. The van der Waals surface area contributed by atoms with Crippen molar-refractivity contribution in [2.75, 3.05) is 12.3 Å². The number of pyridine rings is 1. The van der Waals surface area contributed by atoms with Crippen LogP contribution in [-0.2, 0) is 16.7 Å². The minimum Gasteiger partial charge on any atom is -0.467 e. The van der Waals surface area contributed by atoms with Gasteiger partial charge >= 0.3 is 6.18 Å². The fraction of sp³-hybridized carbons (Fsp3) is 0.200. The van der Waals surface area contributed by atoms with Crippen molar-refractivity contribution in [1.82, 2.24) is 4.98 Å². The van der Waals surface area contributed by atoms with Crippen molar-refractivity contribution < 1.29 is 27.1 Å². The van der Waals surface area contributed by atoms with Gasteiger partial charge in [-0.05, 0) is 11.6 Å². The zero-order valence-corrected chi connectivity index (χ0v) is 15.1. The van der Waals surface area contributed by atoms with Crippen LogP contribution in [0.25, 0.3) is 0 Å². The van der Waals surface area contributed by atoms with Crippen LogP contribution < -0.4 is 10.5 Å². The molecule has 26 heavy (non-hydrogen) atoms. The lowest BCUT2D eigenvalue weighted by atomic mass is 10.1. The highest BCUT2D eigenvalue weighted by molar-refractivity contribution is 8.13. The molecule has 1 aromatic heterocycles. The van der Waals surface area contributed by atoms with Crippen molar-refractivity contribution in [2.24, 2.45) is 0 Å². The number of hydrogen-bond acceptors (Lipinski definition) is 5. The van der Waals surface area contributed by atoms with E-state index in [2.05, 4.69) is 4.98 Å². The lowest BCUT2D eigenvalue weighted by molar-refractivity contribution is -0.137. The molecule has 0 aliphatic rings. The zero-order chi connectivity index (χ0) is 19.5. The number of anilines is 1. The Hall–Kier alpha value is -1.71. The largest absolute Gasteiger partial charge is 0.467 e. The third-order valence-electron chi connectivity index (χ3n) is 3.02. The Morgan fingerprint density at radius 3 is 2.62 bits per heavy atom. The molecule has 140 valence electrons. The van der Waals surface area contributed by atoms with Crippen LogP contribution in [0.15, 0.2) is 24.3 Å². The highest BCUT2D eigenvalue weighted by Gasteiger charge is 2.30. The first-order valence-electron chi connectivity index (χ1n) is 6.84. The van der Waals surface area contributed by atoms with Gasteiger partial charge in [0.2, 0.25) is 16.9 Å². The SMILES string of the molecule is Nc1c(Cl)c(F)nc(OCC(=O)SCc2cccc(C(F)(F)F)c2)c1Cl. The van der Waals surface area contributed by atoms with Crippen molar-refractivity contribution in [3.63, 3.8) is 0 Å². The molecule has 1 heterocycles. The smallest absolute Gasteiger partial charge is 0.416 e. The molecule has 2 N–H and O–H groups in total. The maximum Gasteiger partial charge on any atom is 0.416 e. The minimum atomic E-state index is -4.46. The Morgan fingerprint density at radius 2 is 1.96 bits per heavy atom. The summed E-state index contributed by atoms with van der Waals surface area (Å²) in [7, 11) is 0. The Labute approximate surface area is 159 Å². The highest BCUT2D eigenvalue weighted by atomic mass is 35.5. The van der Waals surface area contributed by atoms with E-state index >= 15 is 0 Å². The van der Waals surface area contributed by atoms with Gasteiger partial charge in [-0.1, -0.05) is 53.2 Å². The molecule has 0 saturated carbocycles. The Bertz CT molecular complexity index is 834. The second kappa shape index (κ2) is 8.32. The van der Waals surface area contributed by atoms with Crippen molar-refractivity contribution in [2.45, 2.75) is 11.9 Å². The summed E-state index contributed by atoms with van der Waals surface area (Å²) in [4.78, 5) is 15.2. The van der Waals surface area contributed by atoms with Gasteiger partial charge in [-0.15, -0.1) is 0 Å². The third kappa shape index (κ3) is 5.15. The van der Waals surface area contributed by atoms with Gasteiger partial charge in [0.1, 0.15) is 10.0 Å². The molecule has 0 spiro atoms. The van der Waals surface area contributed by atoms with E-state index in [9.17, 15) is 22.4 Å². The summed E-state index contributed by atoms with van der Waals surface area (Å²) in [6, 6.07) is 4.60. The summed E-state index contributed by atoms with van der Waals surface area (Å²) in [6.45, 7) is -0.531. The molecular formula is C15H10Cl2F4N2O2S. The number of nitrogen functional groups attached to an aromatic ring is 1. The fourth-order valence-corrected chi connectivity index (χ4v) is 2.80. The Kier molecular flexibility index (Phi) is 6.59. The monoisotopic (exact) mass is 428 g/mol. The van der Waals surface area contributed by atoms with E-state index in [1.165, 1.54) is 12.1 Å². The molecule has 0 radical (unpaired) electrons. The van der Waals surface area contributed by atoms with E-state index in [1.54, 1.807) is 0 Å². The van der Waals surface area contributed by atoms with Gasteiger partial charge in [0.05, 0.1) is 11.3 Å². The van der Waals surface area contributed by atoms with Crippen molar-refractivity contribution >= 4 is 45.8 Å². The topological polar surface area (TPSA) is 65.2 Å².